The lowest BCUT2D eigenvalue weighted by molar-refractivity contribution is -0.143. The monoisotopic (exact) mass is 619 g/mol. The molecule has 224 valence electrons. The Morgan fingerprint density at radius 2 is 1.56 bits per heavy atom. The van der Waals surface area contributed by atoms with Crippen LogP contribution in [-0.2, 0) is 18.8 Å². The minimum Gasteiger partial charge on any atom is -0.349 e. The van der Waals surface area contributed by atoms with Crippen molar-refractivity contribution in [2.75, 3.05) is 6.54 Å². The third-order valence-electron chi connectivity index (χ3n) is 7.42. The number of carbonyl (C=O) groups excluding carboxylic acids is 2. The van der Waals surface area contributed by atoms with E-state index in [1.54, 1.807) is 54.6 Å². The maximum absolute atomic E-state index is 13.6. The van der Waals surface area contributed by atoms with Crippen LogP contribution in [0, 0.1) is 0 Å². The highest BCUT2D eigenvalue weighted by Crippen LogP contribution is 2.37. The van der Waals surface area contributed by atoms with Crippen LogP contribution >= 0.6 is 11.6 Å². The Bertz CT molecular complexity index is 1620. The highest BCUT2D eigenvalue weighted by Gasteiger charge is 2.39. The Labute approximate surface area is 247 Å². The summed E-state index contributed by atoms with van der Waals surface area (Å²) in [6.07, 6.45) is -7.97. The maximum Gasteiger partial charge on any atom is 0.416 e. The quantitative estimate of drug-likeness (QED) is 0.234. The molecule has 1 aromatic heterocycles. The standard InChI is InChI=1S/C31H24ClF6N3O2/c32-22-7-5-18(6-8-22)13-24-17-23(40-28(42)26-9-11-39-27-4-2-1-3-25(26)27)10-12-41(24)29(43)19-14-20(30(33,34)35)16-21(15-19)31(36,37)38/h1-9,11,14-16,23-24H,10,12-13,17H2,(H,40,42)/t23-,24+/m1/s1. The number of likely N-dealkylation sites (tertiary alicyclic amines) is 1. The first kappa shape index (κ1) is 30.3. The lowest BCUT2D eigenvalue weighted by Gasteiger charge is -2.40. The number of hydrogen-bond donors (Lipinski definition) is 1. The minimum absolute atomic E-state index is 0.00325. The molecule has 5 nitrogen and oxygen atoms in total. The van der Waals surface area contributed by atoms with Gasteiger partial charge in [-0.2, -0.15) is 26.3 Å². The van der Waals surface area contributed by atoms with Crippen molar-refractivity contribution in [2.45, 2.75) is 43.7 Å². The Hall–Kier alpha value is -4.12. The lowest BCUT2D eigenvalue weighted by Crippen LogP contribution is -2.52. The molecule has 1 N–H and O–H groups in total. The first-order chi connectivity index (χ1) is 20.3. The summed E-state index contributed by atoms with van der Waals surface area (Å²) in [7, 11) is 0. The number of pyridine rings is 1. The van der Waals surface area contributed by atoms with Gasteiger partial charge in [0.15, 0.2) is 0 Å². The third-order valence-corrected chi connectivity index (χ3v) is 7.68. The second-order valence-electron chi connectivity index (χ2n) is 10.3. The summed E-state index contributed by atoms with van der Waals surface area (Å²) in [6.45, 7) is -0.00325. The van der Waals surface area contributed by atoms with Crippen molar-refractivity contribution in [3.63, 3.8) is 0 Å². The first-order valence-corrected chi connectivity index (χ1v) is 13.7. The molecule has 43 heavy (non-hydrogen) atoms. The van der Waals surface area contributed by atoms with Crippen LogP contribution in [0.5, 0.6) is 0 Å². The van der Waals surface area contributed by atoms with E-state index in [1.165, 1.54) is 11.1 Å². The maximum atomic E-state index is 13.6. The van der Waals surface area contributed by atoms with Gasteiger partial charge < -0.3 is 10.2 Å². The van der Waals surface area contributed by atoms with Crippen molar-refractivity contribution < 1.29 is 35.9 Å². The SMILES string of the molecule is O=C(N[C@@H]1CCN(C(=O)c2cc(C(F)(F)F)cc(C(F)(F)F)c2)[C@@H](Cc2ccc(Cl)cc2)C1)c1ccnc2ccccc12. The van der Waals surface area contributed by atoms with Gasteiger partial charge in [-0.25, -0.2) is 0 Å². The Balaban J connectivity index is 1.44. The number of halogens is 7. The summed E-state index contributed by atoms with van der Waals surface area (Å²) in [5.41, 5.74) is -2.05. The average molecular weight is 620 g/mol. The molecule has 4 aromatic rings. The van der Waals surface area contributed by atoms with E-state index >= 15 is 0 Å². The predicted octanol–water partition coefficient (Wildman–Crippen LogP) is 7.57. The van der Waals surface area contributed by atoms with Crippen LogP contribution in [0.25, 0.3) is 10.9 Å². The van der Waals surface area contributed by atoms with Crippen LogP contribution in [0.15, 0.2) is 79.0 Å². The Kier molecular flexibility index (Phi) is 8.38. The van der Waals surface area contributed by atoms with Crippen molar-refractivity contribution in [3.8, 4) is 0 Å². The highest BCUT2D eigenvalue weighted by molar-refractivity contribution is 6.30. The number of fused-ring (bicyclic) bond motifs is 1. The summed E-state index contributed by atoms with van der Waals surface area (Å²) in [4.78, 5) is 32.4. The first-order valence-electron chi connectivity index (χ1n) is 13.3. The zero-order chi connectivity index (χ0) is 30.9. The molecule has 0 aliphatic carbocycles. The number of rotatable bonds is 5. The Morgan fingerprint density at radius 1 is 0.907 bits per heavy atom. The predicted molar refractivity (Wildman–Crippen MR) is 149 cm³/mol. The van der Waals surface area contributed by atoms with Gasteiger partial charge in [-0.1, -0.05) is 41.9 Å². The number of benzene rings is 3. The number of nitrogens with one attached hydrogen (secondary N) is 1. The number of piperidine rings is 1. The summed E-state index contributed by atoms with van der Waals surface area (Å²) < 4.78 is 81.0. The number of nitrogens with zero attached hydrogens (tertiary/aromatic N) is 2. The fourth-order valence-corrected chi connectivity index (χ4v) is 5.46. The van der Waals surface area contributed by atoms with Crippen LogP contribution in [0.4, 0.5) is 26.3 Å². The van der Waals surface area contributed by atoms with Crippen molar-refractivity contribution in [2.24, 2.45) is 0 Å². The van der Waals surface area contributed by atoms with Crippen LogP contribution in [-0.4, -0.2) is 40.3 Å². The molecule has 3 aromatic carbocycles. The minimum atomic E-state index is -5.09. The summed E-state index contributed by atoms with van der Waals surface area (Å²) >= 11 is 6.00. The Morgan fingerprint density at radius 3 is 2.21 bits per heavy atom. The van der Waals surface area contributed by atoms with Gasteiger partial charge in [-0.3, -0.25) is 14.6 Å². The smallest absolute Gasteiger partial charge is 0.349 e. The van der Waals surface area contributed by atoms with Gasteiger partial charge in [-0.15, -0.1) is 0 Å². The normalized spacial score (nSPS) is 17.6. The van der Waals surface area contributed by atoms with E-state index in [4.69, 9.17) is 11.6 Å². The van der Waals surface area contributed by atoms with E-state index in [9.17, 15) is 35.9 Å². The van der Waals surface area contributed by atoms with E-state index in [1.807, 2.05) is 0 Å². The van der Waals surface area contributed by atoms with Crippen LogP contribution < -0.4 is 5.32 Å². The number of para-hydroxylation sites is 1. The van der Waals surface area contributed by atoms with Gasteiger partial charge in [0.25, 0.3) is 11.8 Å². The molecule has 1 saturated heterocycles. The highest BCUT2D eigenvalue weighted by atomic mass is 35.5. The molecule has 2 amide bonds. The zero-order valence-electron chi connectivity index (χ0n) is 22.3. The largest absolute Gasteiger partial charge is 0.416 e. The van der Waals surface area contributed by atoms with E-state index in [0.717, 1.165) is 5.56 Å². The van der Waals surface area contributed by atoms with E-state index in [-0.39, 0.29) is 37.8 Å². The molecular formula is C31H24ClF6N3O2. The molecule has 5 rings (SSSR count). The van der Waals surface area contributed by atoms with Crippen LogP contribution in [0.1, 0.15) is 50.2 Å². The van der Waals surface area contributed by atoms with Crippen LogP contribution in [0.2, 0.25) is 5.02 Å². The summed E-state index contributed by atoms with van der Waals surface area (Å²) in [5.74, 6) is -1.32. The molecular weight excluding hydrogens is 596 g/mol. The van der Waals surface area contributed by atoms with Gasteiger partial charge in [0.2, 0.25) is 0 Å². The molecule has 0 saturated carbocycles. The summed E-state index contributed by atoms with van der Waals surface area (Å²) in [6, 6.07) is 15.3. The fourth-order valence-electron chi connectivity index (χ4n) is 5.34. The molecule has 1 aliphatic heterocycles. The van der Waals surface area contributed by atoms with Crippen molar-refractivity contribution in [1.82, 2.24) is 15.2 Å². The van der Waals surface area contributed by atoms with Crippen molar-refractivity contribution >= 4 is 34.3 Å². The number of carbonyl (C=O) groups is 2. The van der Waals surface area contributed by atoms with Gasteiger partial charge in [0.05, 0.1) is 22.2 Å². The van der Waals surface area contributed by atoms with E-state index < -0.39 is 47.0 Å². The lowest BCUT2D eigenvalue weighted by atomic mass is 9.90. The molecule has 0 spiro atoms. The molecule has 0 unspecified atom stereocenters. The molecule has 0 radical (unpaired) electrons. The molecule has 0 bridgehead atoms. The number of aromatic nitrogens is 1. The number of hydrogen-bond acceptors (Lipinski definition) is 3. The van der Waals surface area contributed by atoms with Gasteiger partial charge >= 0.3 is 12.4 Å². The molecule has 1 fully saturated rings. The number of alkyl halides is 6. The van der Waals surface area contributed by atoms with Gasteiger partial charge in [0, 0.05) is 40.8 Å². The molecule has 1 aliphatic rings. The molecule has 2 atom stereocenters. The molecule has 12 heteroatoms. The topological polar surface area (TPSA) is 62.3 Å². The second kappa shape index (κ2) is 11.9. The average Bonchev–Trinajstić information content (AvgIpc) is 2.96. The fraction of sp³-hybridized carbons (Fsp3) is 0.258. The van der Waals surface area contributed by atoms with Gasteiger partial charge in [0.1, 0.15) is 0 Å². The van der Waals surface area contributed by atoms with E-state index in [2.05, 4.69) is 10.3 Å². The van der Waals surface area contributed by atoms with Crippen molar-refractivity contribution in [3.05, 3.63) is 112 Å². The third kappa shape index (κ3) is 6.93. The molecule has 2 heterocycles. The van der Waals surface area contributed by atoms with Gasteiger partial charge in [-0.05, 0) is 67.3 Å². The van der Waals surface area contributed by atoms with Crippen molar-refractivity contribution in [1.29, 1.82) is 0 Å². The zero-order valence-corrected chi connectivity index (χ0v) is 23.1. The summed E-state index contributed by atoms with van der Waals surface area (Å²) in [5, 5.41) is 4.11. The second-order valence-corrected chi connectivity index (χ2v) is 10.8. The number of amides is 2. The van der Waals surface area contributed by atoms with Crippen LogP contribution in [0.3, 0.4) is 0 Å². The van der Waals surface area contributed by atoms with E-state index in [0.29, 0.717) is 33.6 Å².